The average molecular weight is 402 g/mol. The van der Waals surface area contributed by atoms with Gasteiger partial charge in [0.15, 0.2) is 0 Å². The van der Waals surface area contributed by atoms with Crippen LogP contribution in [-0.4, -0.2) is 46.5 Å². The zero-order valence-electron chi connectivity index (χ0n) is 17.4. The molecule has 1 saturated heterocycles. The van der Waals surface area contributed by atoms with Gasteiger partial charge in [0.1, 0.15) is 23.4 Å². The third kappa shape index (κ3) is 3.41. The van der Waals surface area contributed by atoms with Gasteiger partial charge in [-0.3, -0.25) is 4.79 Å². The molecule has 5 rings (SSSR count). The van der Waals surface area contributed by atoms with E-state index < -0.39 is 0 Å². The van der Waals surface area contributed by atoms with Crippen LogP contribution in [0.2, 0.25) is 0 Å². The summed E-state index contributed by atoms with van der Waals surface area (Å²) in [7, 11) is 2.14. The second-order valence-electron chi connectivity index (χ2n) is 8.60. The predicted octanol–water partition coefficient (Wildman–Crippen LogP) is 3.66. The quantitative estimate of drug-likeness (QED) is 0.709. The van der Waals surface area contributed by atoms with E-state index >= 15 is 0 Å². The molecule has 1 atom stereocenters. The van der Waals surface area contributed by atoms with Crippen molar-refractivity contribution >= 4 is 16.8 Å². The molecule has 2 aliphatic heterocycles. The molecular weight excluding hydrogens is 376 g/mol. The van der Waals surface area contributed by atoms with Crippen molar-refractivity contribution in [1.29, 1.82) is 0 Å². The van der Waals surface area contributed by atoms with Crippen LogP contribution < -0.4 is 10.1 Å². The highest BCUT2D eigenvalue weighted by Gasteiger charge is 2.43. The van der Waals surface area contributed by atoms with Crippen molar-refractivity contribution in [3.05, 3.63) is 65.6 Å². The Labute approximate surface area is 176 Å². The van der Waals surface area contributed by atoms with Gasteiger partial charge in [-0.15, -0.1) is 0 Å². The standard InChI is InChI=1S/C24H26N4O2/c1-16-7-8-19-18(13-16)22(26-15-25-19)23(29)27-20-14-24(9-11-28(2)12-10-24)30-21-6-4-3-5-17(20)21/h3-8,13,15,20H,9-12,14H2,1-2H3,(H,27,29). The fraction of sp³-hybridized carbons (Fsp3) is 0.375. The molecule has 1 amide bonds. The van der Waals surface area contributed by atoms with Crippen molar-refractivity contribution in [2.45, 2.75) is 37.8 Å². The molecule has 0 saturated carbocycles. The molecule has 2 aliphatic rings. The summed E-state index contributed by atoms with van der Waals surface area (Å²) in [6, 6.07) is 13.8. The first kappa shape index (κ1) is 19.0. The number of aromatic nitrogens is 2. The topological polar surface area (TPSA) is 67.4 Å². The summed E-state index contributed by atoms with van der Waals surface area (Å²) in [5.74, 6) is 0.708. The molecule has 0 aliphatic carbocycles. The molecular formula is C24H26N4O2. The fourth-order valence-electron chi connectivity index (χ4n) is 4.66. The number of para-hydroxylation sites is 1. The summed E-state index contributed by atoms with van der Waals surface area (Å²) in [6.45, 7) is 4.00. The summed E-state index contributed by atoms with van der Waals surface area (Å²) >= 11 is 0. The van der Waals surface area contributed by atoms with Gasteiger partial charge in [-0.1, -0.05) is 29.8 Å². The van der Waals surface area contributed by atoms with Gasteiger partial charge in [0.2, 0.25) is 0 Å². The molecule has 6 nitrogen and oxygen atoms in total. The number of fused-ring (bicyclic) bond motifs is 2. The van der Waals surface area contributed by atoms with Gasteiger partial charge in [-0.05, 0) is 45.0 Å². The summed E-state index contributed by atoms with van der Waals surface area (Å²) < 4.78 is 6.51. The van der Waals surface area contributed by atoms with Gasteiger partial charge in [-0.2, -0.15) is 0 Å². The SMILES string of the molecule is Cc1ccc2ncnc(C(=O)NC3CC4(CCN(C)CC4)Oc4ccccc43)c2c1. The molecule has 1 fully saturated rings. The lowest BCUT2D eigenvalue weighted by Gasteiger charge is -2.46. The number of carbonyl (C=O) groups excluding carboxylic acids is 1. The van der Waals surface area contributed by atoms with Crippen molar-refractivity contribution in [2.24, 2.45) is 0 Å². The monoisotopic (exact) mass is 402 g/mol. The Morgan fingerprint density at radius 1 is 1.17 bits per heavy atom. The lowest BCUT2D eigenvalue weighted by molar-refractivity contribution is -0.0195. The summed E-state index contributed by atoms with van der Waals surface area (Å²) in [5.41, 5.74) is 3.08. The van der Waals surface area contributed by atoms with Crippen molar-refractivity contribution in [2.75, 3.05) is 20.1 Å². The largest absolute Gasteiger partial charge is 0.487 e. The Hall–Kier alpha value is -2.99. The molecule has 1 N–H and O–H groups in total. The minimum absolute atomic E-state index is 0.110. The fourth-order valence-corrected chi connectivity index (χ4v) is 4.66. The number of likely N-dealkylation sites (tertiary alicyclic amines) is 1. The molecule has 2 aromatic carbocycles. The maximum Gasteiger partial charge on any atom is 0.271 e. The zero-order chi connectivity index (χ0) is 20.7. The van der Waals surface area contributed by atoms with Gasteiger partial charge < -0.3 is 15.0 Å². The number of amides is 1. The van der Waals surface area contributed by atoms with Crippen LogP contribution in [-0.2, 0) is 0 Å². The van der Waals surface area contributed by atoms with Gasteiger partial charge in [0, 0.05) is 30.5 Å². The van der Waals surface area contributed by atoms with E-state index in [1.807, 2.05) is 49.4 Å². The normalized spacial score (nSPS) is 20.5. The minimum atomic E-state index is -0.233. The van der Waals surface area contributed by atoms with Gasteiger partial charge >= 0.3 is 0 Å². The van der Waals surface area contributed by atoms with E-state index in [0.717, 1.165) is 60.1 Å². The number of rotatable bonds is 2. The molecule has 0 radical (unpaired) electrons. The number of ether oxygens (including phenoxy) is 1. The Balaban J connectivity index is 1.48. The number of hydrogen-bond donors (Lipinski definition) is 1. The van der Waals surface area contributed by atoms with E-state index in [9.17, 15) is 4.79 Å². The van der Waals surface area contributed by atoms with E-state index in [4.69, 9.17) is 4.74 Å². The van der Waals surface area contributed by atoms with E-state index in [2.05, 4.69) is 27.2 Å². The number of hydrogen-bond acceptors (Lipinski definition) is 5. The highest BCUT2D eigenvalue weighted by atomic mass is 16.5. The van der Waals surface area contributed by atoms with Crippen LogP contribution in [0.15, 0.2) is 48.8 Å². The third-order valence-corrected chi connectivity index (χ3v) is 6.41. The van der Waals surface area contributed by atoms with Gasteiger partial charge in [-0.25, -0.2) is 9.97 Å². The Morgan fingerprint density at radius 2 is 1.97 bits per heavy atom. The summed E-state index contributed by atoms with van der Waals surface area (Å²) in [6.07, 6.45) is 4.15. The van der Waals surface area contributed by atoms with Crippen molar-refractivity contribution in [3.63, 3.8) is 0 Å². The second kappa shape index (κ2) is 7.36. The lowest BCUT2D eigenvalue weighted by Crippen LogP contribution is -2.51. The smallest absolute Gasteiger partial charge is 0.271 e. The van der Waals surface area contributed by atoms with Crippen LogP contribution in [0.1, 0.15) is 46.9 Å². The minimum Gasteiger partial charge on any atom is -0.487 e. The van der Waals surface area contributed by atoms with E-state index in [0.29, 0.717) is 5.69 Å². The van der Waals surface area contributed by atoms with Crippen LogP contribution in [0, 0.1) is 6.92 Å². The molecule has 1 unspecified atom stereocenters. The first-order valence-corrected chi connectivity index (χ1v) is 10.5. The Bertz CT molecular complexity index is 1110. The molecule has 3 heterocycles. The third-order valence-electron chi connectivity index (χ3n) is 6.41. The zero-order valence-corrected chi connectivity index (χ0v) is 17.4. The van der Waals surface area contributed by atoms with Crippen LogP contribution in [0.3, 0.4) is 0 Å². The van der Waals surface area contributed by atoms with Gasteiger partial charge in [0.25, 0.3) is 5.91 Å². The maximum atomic E-state index is 13.3. The van der Waals surface area contributed by atoms with Gasteiger partial charge in [0.05, 0.1) is 11.6 Å². The predicted molar refractivity (Wildman–Crippen MR) is 116 cm³/mol. The number of aryl methyl sites for hydroxylation is 1. The summed E-state index contributed by atoms with van der Waals surface area (Å²) in [5, 5.41) is 4.04. The number of carbonyl (C=O) groups is 1. The molecule has 1 aromatic heterocycles. The number of benzene rings is 2. The van der Waals surface area contributed by atoms with Crippen molar-refractivity contribution < 1.29 is 9.53 Å². The Morgan fingerprint density at radius 3 is 2.80 bits per heavy atom. The first-order chi connectivity index (χ1) is 14.5. The van der Waals surface area contributed by atoms with E-state index in [1.165, 1.54) is 6.33 Å². The van der Waals surface area contributed by atoms with Crippen LogP contribution >= 0.6 is 0 Å². The molecule has 154 valence electrons. The summed E-state index contributed by atoms with van der Waals surface area (Å²) in [4.78, 5) is 24.3. The number of piperidine rings is 1. The molecule has 6 heteroatoms. The lowest BCUT2D eigenvalue weighted by atomic mass is 9.80. The van der Waals surface area contributed by atoms with Crippen LogP contribution in [0.4, 0.5) is 0 Å². The molecule has 3 aromatic rings. The Kier molecular flexibility index (Phi) is 4.66. The maximum absolute atomic E-state index is 13.3. The molecule has 1 spiro atoms. The van der Waals surface area contributed by atoms with E-state index in [1.54, 1.807) is 0 Å². The van der Waals surface area contributed by atoms with Crippen molar-refractivity contribution in [3.8, 4) is 5.75 Å². The van der Waals surface area contributed by atoms with Crippen molar-refractivity contribution in [1.82, 2.24) is 20.2 Å². The molecule has 30 heavy (non-hydrogen) atoms. The number of nitrogens with one attached hydrogen (secondary N) is 1. The average Bonchev–Trinajstić information content (AvgIpc) is 2.75. The van der Waals surface area contributed by atoms with Crippen LogP contribution in [0.5, 0.6) is 5.75 Å². The molecule has 0 bridgehead atoms. The van der Waals surface area contributed by atoms with Crippen LogP contribution in [0.25, 0.3) is 10.9 Å². The first-order valence-electron chi connectivity index (χ1n) is 10.5. The highest BCUT2D eigenvalue weighted by molar-refractivity contribution is 6.04. The second-order valence-corrected chi connectivity index (χ2v) is 8.60. The highest BCUT2D eigenvalue weighted by Crippen LogP contribution is 2.44. The number of nitrogens with zero attached hydrogens (tertiary/aromatic N) is 3. The van der Waals surface area contributed by atoms with E-state index in [-0.39, 0.29) is 17.6 Å².